The van der Waals surface area contributed by atoms with Gasteiger partial charge in [-0.25, -0.2) is 0 Å². The number of anilines is 1. The predicted octanol–water partition coefficient (Wildman–Crippen LogP) is 2.84. The zero-order valence-corrected chi connectivity index (χ0v) is 13.2. The Morgan fingerprint density at radius 1 is 1.33 bits per heavy atom. The molecule has 1 aromatic rings. The van der Waals surface area contributed by atoms with E-state index >= 15 is 0 Å². The van der Waals surface area contributed by atoms with E-state index in [4.69, 9.17) is 4.74 Å². The van der Waals surface area contributed by atoms with Crippen LogP contribution in [0.5, 0.6) is 0 Å². The van der Waals surface area contributed by atoms with Crippen LogP contribution in [-0.4, -0.2) is 38.9 Å². The Bertz CT molecular complexity index is 449. The van der Waals surface area contributed by atoms with Gasteiger partial charge in [0.2, 0.25) is 0 Å². The number of hydrogen-bond acceptors (Lipinski definition) is 3. The number of para-hydroxylation sites is 1. The molecule has 0 aromatic heterocycles. The van der Waals surface area contributed by atoms with Crippen LogP contribution < -0.4 is 10.2 Å². The molecule has 0 radical (unpaired) electrons. The number of rotatable bonds is 5. The molecule has 3 nitrogen and oxygen atoms in total. The molecular weight excluding hydrogens is 260 g/mol. The smallest absolute Gasteiger partial charge is 0.0526 e. The van der Waals surface area contributed by atoms with Crippen molar-refractivity contribution in [2.75, 3.05) is 37.7 Å². The summed E-state index contributed by atoms with van der Waals surface area (Å²) in [4.78, 5) is 2.58. The van der Waals surface area contributed by atoms with Gasteiger partial charge >= 0.3 is 0 Å². The maximum atomic E-state index is 5.76. The van der Waals surface area contributed by atoms with Gasteiger partial charge in [0.15, 0.2) is 0 Å². The second-order valence-corrected chi connectivity index (χ2v) is 6.36. The number of fused-ring (bicyclic) bond motifs is 1. The van der Waals surface area contributed by atoms with Crippen molar-refractivity contribution in [3.8, 4) is 0 Å². The summed E-state index contributed by atoms with van der Waals surface area (Å²) in [6.07, 6.45) is 4.86. The lowest BCUT2D eigenvalue weighted by Crippen LogP contribution is -2.48. The Morgan fingerprint density at radius 3 is 3.14 bits per heavy atom. The largest absolute Gasteiger partial charge is 0.381 e. The van der Waals surface area contributed by atoms with Crippen molar-refractivity contribution in [3.63, 3.8) is 0 Å². The third-order valence-corrected chi connectivity index (χ3v) is 4.79. The highest BCUT2D eigenvalue weighted by molar-refractivity contribution is 5.55. The van der Waals surface area contributed by atoms with Crippen LogP contribution in [0.15, 0.2) is 24.3 Å². The summed E-state index contributed by atoms with van der Waals surface area (Å²) in [6.45, 7) is 7.49. The summed E-state index contributed by atoms with van der Waals surface area (Å²) in [5, 5.41) is 3.73. The maximum absolute atomic E-state index is 5.76. The van der Waals surface area contributed by atoms with Crippen LogP contribution in [0, 0.1) is 5.92 Å². The van der Waals surface area contributed by atoms with E-state index < -0.39 is 0 Å². The first-order valence-corrected chi connectivity index (χ1v) is 8.52. The molecule has 3 heteroatoms. The summed E-state index contributed by atoms with van der Waals surface area (Å²) in [7, 11) is 0. The summed E-state index contributed by atoms with van der Waals surface area (Å²) >= 11 is 0. The van der Waals surface area contributed by atoms with Crippen LogP contribution >= 0.6 is 0 Å². The van der Waals surface area contributed by atoms with Gasteiger partial charge in [-0.3, -0.25) is 0 Å². The number of hydrogen-bond donors (Lipinski definition) is 1. The van der Waals surface area contributed by atoms with Crippen molar-refractivity contribution >= 4 is 5.69 Å². The first kappa shape index (κ1) is 14.9. The van der Waals surface area contributed by atoms with Crippen LogP contribution in [0.2, 0.25) is 0 Å². The van der Waals surface area contributed by atoms with Crippen molar-refractivity contribution in [2.24, 2.45) is 5.92 Å². The minimum Gasteiger partial charge on any atom is -0.381 e. The molecule has 116 valence electrons. The highest BCUT2D eigenvalue weighted by Gasteiger charge is 2.28. The lowest BCUT2D eigenvalue weighted by Gasteiger charge is -2.39. The van der Waals surface area contributed by atoms with Gasteiger partial charge in [-0.2, -0.15) is 0 Å². The molecule has 1 aromatic carbocycles. The van der Waals surface area contributed by atoms with Crippen molar-refractivity contribution in [2.45, 2.75) is 38.6 Å². The normalized spacial score (nSPS) is 25.7. The van der Waals surface area contributed by atoms with Crippen LogP contribution in [0.3, 0.4) is 0 Å². The molecule has 1 saturated heterocycles. The van der Waals surface area contributed by atoms with Crippen LogP contribution in [0.1, 0.15) is 31.7 Å². The molecule has 2 unspecified atom stereocenters. The van der Waals surface area contributed by atoms with Crippen molar-refractivity contribution in [3.05, 3.63) is 29.8 Å². The van der Waals surface area contributed by atoms with E-state index in [0.717, 1.165) is 32.7 Å². The summed E-state index contributed by atoms with van der Waals surface area (Å²) in [5.74, 6) is 0.608. The number of ether oxygens (including phenoxy) is 1. The molecule has 2 aliphatic heterocycles. The average Bonchev–Trinajstić information content (AvgIpc) is 2.54. The lowest BCUT2D eigenvalue weighted by atomic mass is 9.93. The van der Waals surface area contributed by atoms with Gasteiger partial charge in [-0.15, -0.1) is 0 Å². The third-order valence-electron chi connectivity index (χ3n) is 4.79. The Morgan fingerprint density at radius 2 is 2.24 bits per heavy atom. The minimum absolute atomic E-state index is 0.608. The number of benzene rings is 1. The summed E-state index contributed by atoms with van der Waals surface area (Å²) < 4.78 is 5.76. The third kappa shape index (κ3) is 3.58. The number of nitrogens with zero attached hydrogens (tertiary/aromatic N) is 1. The van der Waals surface area contributed by atoms with E-state index in [1.54, 1.807) is 0 Å². The van der Waals surface area contributed by atoms with Crippen LogP contribution in [0.25, 0.3) is 0 Å². The average molecular weight is 288 g/mol. The van der Waals surface area contributed by atoms with E-state index in [0.29, 0.717) is 12.0 Å². The van der Waals surface area contributed by atoms with Crippen molar-refractivity contribution in [1.29, 1.82) is 0 Å². The molecule has 0 spiro atoms. The van der Waals surface area contributed by atoms with Crippen molar-refractivity contribution < 1.29 is 4.74 Å². The molecule has 1 N–H and O–H groups in total. The van der Waals surface area contributed by atoms with Gasteiger partial charge in [0.1, 0.15) is 0 Å². The molecule has 0 bridgehead atoms. The van der Waals surface area contributed by atoms with Crippen LogP contribution in [0.4, 0.5) is 5.69 Å². The minimum atomic E-state index is 0.608. The molecule has 3 rings (SSSR count). The van der Waals surface area contributed by atoms with Gasteiger partial charge in [-0.05, 0) is 43.9 Å². The van der Waals surface area contributed by atoms with Crippen molar-refractivity contribution in [1.82, 2.24) is 5.32 Å². The summed E-state index contributed by atoms with van der Waals surface area (Å²) in [5.41, 5.74) is 2.96. The van der Waals surface area contributed by atoms with Crippen LogP contribution in [-0.2, 0) is 11.2 Å². The Hall–Kier alpha value is -1.06. The highest BCUT2D eigenvalue weighted by Crippen LogP contribution is 2.28. The highest BCUT2D eigenvalue weighted by atomic mass is 16.5. The van der Waals surface area contributed by atoms with Gasteiger partial charge in [0.05, 0.1) is 6.61 Å². The maximum Gasteiger partial charge on any atom is 0.0526 e. The van der Waals surface area contributed by atoms with Gasteiger partial charge in [0.25, 0.3) is 0 Å². The topological polar surface area (TPSA) is 24.5 Å². The molecule has 0 amide bonds. The van der Waals surface area contributed by atoms with Gasteiger partial charge in [-0.1, -0.05) is 25.1 Å². The van der Waals surface area contributed by atoms with E-state index in [1.165, 1.54) is 37.1 Å². The number of aryl methyl sites for hydroxylation is 1. The Balaban J connectivity index is 1.67. The molecule has 1 fully saturated rings. The first-order chi connectivity index (χ1) is 10.4. The quantitative estimate of drug-likeness (QED) is 0.901. The standard InChI is InChI=1S/C18H28N2O/c1-2-10-19-17-9-12-21-14-16(17)13-20-11-5-7-15-6-3-4-8-18(15)20/h3-4,6,8,16-17,19H,2,5,7,9-14H2,1H3. The predicted molar refractivity (Wildman–Crippen MR) is 88.0 cm³/mol. The van der Waals surface area contributed by atoms with E-state index in [1.807, 2.05) is 0 Å². The molecule has 2 heterocycles. The van der Waals surface area contributed by atoms with Gasteiger partial charge in [0, 0.05) is 37.3 Å². The fourth-order valence-corrected chi connectivity index (χ4v) is 3.66. The second-order valence-electron chi connectivity index (χ2n) is 6.36. The molecule has 0 aliphatic carbocycles. The monoisotopic (exact) mass is 288 g/mol. The van der Waals surface area contributed by atoms with E-state index in [9.17, 15) is 0 Å². The summed E-state index contributed by atoms with van der Waals surface area (Å²) in [6, 6.07) is 9.52. The fourth-order valence-electron chi connectivity index (χ4n) is 3.66. The SMILES string of the molecule is CCCNC1CCOCC1CN1CCCc2ccccc21. The second kappa shape index (κ2) is 7.28. The van der Waals surface area contributed by atoms with E-state index in [2.05, 4.69) is 41.4 Å². The molecule has 0 saturated carbocycles. The molecule has 2 atom stereocenters. The number of nitrogens with one attached hydrogen (secondary N) is 1. The first-order valence-electron chi connectivity index (χ1n) is 8.52. The Kier molecular flexibility index (Phi) is 5.15. The lowest BCUT2D eigenvalue weighted by molar-refractivity contribution is 0.0346. The fraction of sp³-hybridized carbons (Fsp3) is 0.667. The zero-order chi connectivity index (χ0) is 14.5. The Labute approximate surface area is 128 Å². The van der Waals surface area contributed by atoms with Gasteiger partial charge < -0.3 is 15.0 Å². The molecular formula is C18H28N2O. The molecule has 2 aliphatic rings. The zero-order valence-electron chi connectivity index (χ0n) is 13.2. The molecule has 21 heavy (non-hydrogen) atoms. The van der Waals surface area contributed by atoms with E-state index in [-0.39, 0.29) is 0 Å².